The minimum atomic E-state index is -4.56. The number of amides is 1. The Bertz CT molecular complexity index is 1450. The van der Waals surface area contributed by atoms with Crippen molar-refractivity contribution in [2.24, 2.45) is 0 Å². The third kappa shape index (κ3) is 5.17. The summed E-state index contributed by atoms with van der Waals surface area (Å²) in [5, 5.41) is 12.2. The second kappa shape index (κ2) is 9.73. The SMILES string of the molecule is O=C(N[C@@H](Cc1ccc2nc(-c3ccccc3C(F)(F)F)ccc2c1)C(=O)O)c1c(F)cccc1F. The summed E-state index contributed by atoms with van der Waals surface area (Å²) in [5.74, 6) is -4.89. The van der Waals surface area contributed by atoms with Gasteiger partial charge in [0.15, 0.2) is 0 Å². The third-order valence-corrected chi connectivity index (χ3v) is 5.50. The van der Waals surface area contributed by atoms with Gasteiger partial charge in [-0.25, -0.2) is 18.6 Å². The molecule has 0 radical (unpaired) electrons. The quantitative estimate of drug-likeness (QED) is 0.337. The maximum absolute atomic E-state index is 13.9. The van der Waals surface area contributed by atoms with Gasteiger partial charge in [-0.2, -0.15) is 13.2 Å². The summed E-state index contributed by atoms with van der Waals surface area (Å²) >= 11 is 0. The lowest BCUT2D eigenvalue weighted by Crippen LogP contribution is -2.42. The number of rotatable bonds is 6. The van der Waals surface area contributed by atoms with E-state index >= 15 is 0 Å². The van der Waals surface area contributed by atoms with Crippen LogP contribution in [0.3, 0.4) is 0 Å². The minimum Gasteiger partial charge on any atom is -0.480 e. The number of aliphatic carboxylic acids is 1. The molecule has 0 aliphatic rings. The maximum atomic E-state index is 13.9. The van der Waals surface area contributed by atoms with Crippen LogP contribution < -0.4 is 5.32 Å². The van der Waals surface area contributed by atoms with E-state index in [2.05, 4.69) is 10.3 Å². The molecule has 0 saturated heterocycles. The average Bonchev–Trinajstić information content (AvgIpc) is 2.82. The van der Waals surface area contributed by atoms with Gasteiger partial charge in [0.2, 0.25) is 0 Å². The monoisotopic (exact) mass is 500 g/mol. The number of nitrogens with one attached hydrogen (secondary N) is 1. The zero-order valence-corrected chi connectivity index (χ0v) is 18.3. The van der Waals surface area contributed by atoms with E-state index in [4.69, 9.17) is 0 Å². The molecule has 0 bridgehead atoms. The van der Waals surface area contributed by atoms with Gasteiger partial charge in [0.05, 0.1) is 16.8 Å². The van der Waals surface area contributed by atoms with Crippen LogP contribution in [0.5, 0.6) is 0 Å². The first-order valence-electron chi connectivity index (χ1n) is 10.6. The Kier molecular flexibility index (Phi) is 6.69. The number of hydrogen-bond donors (Lipinski definition) is 2. The Morgan fingerprint density at radius 2 is 1.61 bits per heavy atom. The summed E-state index contributed by atoms with van der Waals surface area (Å²) in [6.45, 7) is 0. The highest BCUT2D eigenvalue weighted by Crippen LogP contribution is 2.36. The zero-order valence-electron chi connectivity index (χ0n) is 18.3. The van der Waals surface area contributed by atoms with Crippen LogP contribution in [0.2, 0.25) is 0 Å². The first kappa shape index (κ1) is 24.8. The number of fused-ring (bicyclic) bond motifs is 1. The van der Waals surface area contributed by atoms with Crippen LogP contribution in [0.1, 0.15) is 21.5 Å². The molecule has 2 N–H and O–H groups in total. The summed E-state index contributed by atoms with van der Waals surface area (Å²) < 4.78 is 67.9. The highest BCUT2D eigenvalue weighted by atomic mass is 19.4. The summed E-state index contributed by atoms with van der Waals surface area (Å²) in [6, 6.07) is 14.0. The van der Waals surface area contributed by atoms with Gasteiger partial charge in [-0.05, 0) is 42.0 Å². The summed E-state index contributed by atoms with van der Waals surface area (Å²) in [7, 11) is 0. The molecule has 0 saturated carbocycles. The number of carboxylic acids is 1. The van der Waals surface area contributed by atoms with Crippen molar-refractivity contribution in [3.05, 3.63) is 101 Å². The van der Waals surface area contributed by atoms with Gasteiger partial charge in [0.25, 0.3) is 5.91 Å². The van der Waals surface area contributed by atoms with Crippen LogP contribution in [0.25, 0.3) is 22.2 Å². The molecule has 1 heterocycles. The first-order chi connectivity index (χ1) is 17.0. The van der Waals surface area contributed by atoms with Crippen molar-refractivity contribution in [3.63, 3.8) is 0 Å². The van der Waals surface area contributed by atoms with Crippen molar-refractivity contribution in [2.45, 2.75) is 18.6 Å². The Morgan fingerprint density at radius 3 is 2.28 bits per heavy atom. The van der Waals surface area contributed by atoms with Crippen molar-refractivity contribution in [3.8, 4) is 11.3 Å². The second-order valence-electron chi connectivity index (χ2n) is 7.93. The number of carbonyl (C=O) groups is 2. The lowest BCUT2D eigenvalue weighted by atomic mass is 10.0. The standard InChI is InChI=1S/C26H17F5N2O3/c27-18-6-3-7-19(28)23(18)24(34)33-22(25(35)36)13-14-8-10-20-15(12-14)9-11-21(32-20)16-4-1-2-5-17(16)26(29,30)31/h1-12,22H,13H2,(H,33,34)(H,35,36)/t22-/m0/s1. The molecule has 0 unspecified atom stereocenters. The van der Waals surface area contributed by atoms with Gasteiger partial charge in [-0.1, -0.05) is 36.4 Å². The van der Waals surface area contributed by atoms with E-state index in [1.807, 2.05) is 0 Å². The molecule has 1 aromatic heterocycles. The molecule has 0 fully saturated rings. The molecule has 5 nitrogen and oxygen atoms in total. The molecule has 10 heteroatoms. The molecule has 0 spiro atoms. The van der Waals surface area contributed by atoms with Crippen LogP contribution in [0, 0.1) is 11.6 Å². The number of hydrogen-bond acceptors (Lipinski definition) is 3. The van der Waals surface area contributed by atoms with Crippen molar-refractivity contribution >= 4 is 22.8 Å². The van der Waals surface area contributed by atoms with Crippen molar-refractivity contribution in [1.29, 1.82) is 0 Å². The molecule has 4 rings (SSSR count). The van der Waals surface area contributed by atoms with Crippen LogP contribution in [-0.4, -0.2) is 28.0 Å². The summed E-state index contributed by atoms with van der Waals surface area (Å²) in [4.78, 5) is 28.4. The number of nitrogens with zero attached hydrogens (tertiary/aromatic N) is 1. The number of carboxylic acid groups (broad SMARTS) is 1. The number of alkyl halides is 3. The van der Waals surface area contributed by atoms with E-state index in [9.17, 15) is 36.6 Å². The third-order valence-electron chi connectivity index (χ3n) is 5.50. The van der Waals surface area contributed by atoms with E-state index in [1.54, 1.807) is 12.1 Å². The molecular formula is C26H17F5N2O3. The molecule has 3 aromatic carbocycles. The molecule has 184 valence electrons. The van der Waals surface area contributed by atoms with Crippen molar-refractivity contribution < 1.29 is 36.6 Å². The molecular weight excluding hydrogens is 483 g/mol. The smallest absolute Gasteiger partial charge is 0.417 e. The Morgan fingerprint density at radius 1 is 0.917 bits per heavy atom. The van der Waals surface area contributed by atoms with Gasteiger partial charge in [0, 0.05) is 17.4 Å². The summed E-state index contributed by atoms with van der Waals surface area (Å²) in [5.41, 5.74) is -0.847. The second-order valence-corrected chi connectivity index (χ2v) is 7.93. The fourth-order valence-electron chi connectivity index (χ4n) is 3.79. The molecule has 1 amide bonds. The zero-order chi connectivity index (χ0) is 26.0. The fraction of sp³-hybridized carbons (Fsp3) is 0.115. The number of benzene rings is 3. The largest absolute Gasteiger partial charge is 0.480 e. The molecule has 0 aliphatic heterocycles. The van der Waals surface area contributed by atoms with E-state index in [0.717, 1.165) is 24.3 Å². The highest BCUT2D eigenvalue weighted by molar-refractivity contribution is 5.97. The maximum Gasteiger partial charge on any atom is 0.417 e. The Balaban J connectivity index is 1.59. The molecule has 0 aliphatic carbocycles. The predicted octanol–water partition coefficient (Wildman–Crippen LogP) is 5.62. The molecule has 4 aromatic rings. The average molecular weight is 500 g/mol. The lowest BCUT2D eigenvalue weighted by molar-refractivity contribution is -0.139. The van der Waals surface area contributed by atoms with Gasteiger partial charge in [-0.15, -0.1) is 0 Å². The number of pyridine rings is 1. The van der Waals surface area contributed by atoms with Crippen molar-refractivity contribution in [2.75, 3.05) is 0 Å². The topological polar surface area (TPSA) is 79.3 Å². The van der Waals surface area contributed by atoms with Crippen LogP contribution in [-0.2, 0) is 17.4 Å². The molecule has 36 heavy (non-hydrogen) atoms. The van der Waals surface area contributed by atoms with E-state index < -0.39 is 46.9 Å². The van der Waals surface area contributed by atoms with Gasteiger partial charge in [-0.3, -0.25) is 4.79 Å². The van der Waals surface area contributed by atoms with E-state index in [1.165, 1.54) is 36.4 Å². The Hall–Kier alpha value is -4.34. The van der Waals surface area contributed by atoms with Crippen molar-refractivity contribution in [1.82, 2.24) is 10.3 Å². The van der Waals surface area contributed by atoms with Gasteiger partial charge < -0.3 is 10.4 Å². The first-order valence-corrected chi connectivity index (χ1v) is 10.6. The summed E-state index contributed by atoms with van der Waals surface area (Å²) in [6.07, 6.45) is -4.77. The highest BCUT2D eigenvalue weighted by Gasteiger charge is 2.33. The number of carbonyl (C=O) groups excluding carboxylic acids is 1. The fourth-order valence-corrected chi connectivity index (χ4v) is 3.79. The molecule has 1 atom stereocenters. The number of halogens is 5. The Labute approximate surface area is 201 Å². The van der Waals surface area contributed by atoms with E-state index in [-0.39, 0.29) is 17.7 Å². The van der Waals surface area contributed by atoms with Crippen LogP contribution in [0.4, 0.5) is 22.0 Å². The normalized spacial score (nSPS) is 12.4. The van der Waals surface area contributed by atoms with Crippen LogP contribution >= 0.6 is 0 Å². The minimum absolute atomic E-state index is 0.0787. The predicted molar refractivity (Wildman–Crippen MR) is 121 cm³/mol. The number of aromatic nitrogens is 1. The van der Waals surface area contributed by atoms with Crippen LogP contribution in [0.15, 0.2) is 72.8 Å². The van der Waals surface area contributed by atoms with Gasteiger partial charge in [0.1, 0.15) is 23.2 Å². The van der Waals surface area contributed by atoms with E-state index in [0.29, 0.717) is 16.5 Å². The van der Waals surface area contributed by atoms with Gasteiger partial charge >= 0.3 is 12.1 Å². The lowest BCUT2D eigenvalue weighted by Gasteiger charge is -2.16.